The first kappa shape index (κ1) is 25.8. The minimum absolute atomic E-state index is 0.0102. The van der Waals surface area contributed by atoms with Crippen molar-refractivity contribution in [2.24, 2.45) is 5.84 Å². The van der Waals surface area contributed by atoms with Gasteiger partial charge in [-0.3, -0.25) is 9.59 Å². The summed E-state index contributed by atoms with van der Waals surface area (Å²) in [5.41, 5.74) is 2.90. The molecule has 1 heterocycles. The number of unbranched alkanes of at least 4 members (excludes halogenated alkanes) is 2. The van der Waals surface area contributed by atoms with Crippen LogP contribution in [0.5, 0.6) is 0 Å². The Hall–Kier alpha value is -2.83. The van der Waals surface area contributed by atoms with Crippen LogP contribution in [0.3, 0.4) is 0 Å². The summed E-state index contributed by atoms with van der Waals surface area (Å²) in [6, 6.07) is 14.9. The molecule has 0 aliphatic carbocycles. The number of hydrogen-bond acceptors (Lipinski definition) is 4. The van der Waals surface area contributed by atoms with Crippen molar-refractivity contribution in [1.29, 1.82) is 0 Å². The highest BCUT2D eigenvalue weighted by molar-refractivity contribution is 6.30. The Balaban J connectivity index is 1.92. The van der Waals surface area contributed by atoms with E-state index in [1.807, 2.05) is 49.4 Å². The highest BCUT2D eigenvalue weighted by Crippen LogP contribution is 2.29. The van der Waals surface area contributed by atoms with Gasteiger partial charge in [0.15, 0.2) is 0 Å². The van der Waals surface area contributed by atoms with Crippen LogP contribution in [-0.2, 0) is 4.79 Å². The van der Waals surface area contributed by atoms with Crippen molar-refractivity contribution in [3.05, 3.63) is 76.5 Å². The molecule has 0 spiro atoms. The summed E-state index contributed by atoms with van der Waals surface area (Å²) in [7, 11) is 3.44. The zero-order valence-corrected chi connectivity index (χ0v) is 21.3. The molecular formula is C27H35ClN4O2. The quantitative estimate of drug-likeness (QED) is 0.319. The molecule has 0 saturated carbocycles. The number of hydrogen-bond donors (Lipinski definition) is 1. The van der Waals surface area contributed by atoms with Crippen LogP contribution >= 0.6 is 11.6 Å². The SMILES string of the molecule is CCCCCC1CN(c2ccc(C(=O)N(C)C)cc2)C(=O)/C(=C/C(C)c2ccc(Cl)cc2)N1N. The Morgan fingerprint density at radius 1 is 1.15 bits per heavy atom. The molecule has 1 fully saturated rings. The van der Waals surface area contributed by atoms with Gasteiger partial charge in [0, 0.05) is 42.8 Å². The molecule has 3 rings (SSSR count). The Morgan fingerprint density at radius 2 is 1.79 bits per heavy atom. The van der Waals surface area contributed by atoms with Gasteiger partial charge in [-0.1, -0.05) is 56.8 Å². The molecule has 2 unspecified atom stereocenters. The average Bonchev–Trinajstić information content (AvgIpc) is 2.83. The highest BCUT2D eigenvalue weighted by atomic mass is 35.5. The van der Waals surface area contributed by atoms with Crippen molar-refractivity contribution in [1.82, 2.24) is 9.91 Å². The summed E-state index contributed by atoms with van der Waals surface area (Å²) in [6.45, 7) is 4.73. The molecule has 0 aromatic heterocycles. The number of nitrogens with two attached hydrogens (primary N) is 1. The number of rotatable bonds is 8. The van der Waals surface area contributed by atoms with Gasteiger partial charge in [0.1, 0.15) is 5.70 Å². The maximum Gasteiger partial charge on any atom is 0.275 e. The Labute approximate surface area is 207 Å². The molecule has 6 nitrogen and oxygen atoms in total. The molecule has 1 saturated heterocycles. The van der Waals surface area contributed by atoms with Crippen molar-refractivity contribution in [3.8, 4) is 0 Å². The fraction of sp³-hybridized carbons (Fsp3) is 0.407. The van der Waals surface area contributed by atoms with Crippen LogP contribution in [0.4, 0.5) is 5.69 Å². The molecule has 1 aliphatic heterocycles. The lowest BCUT2D eigenvalue weighted by molar-refractivity contribution is -0.118. The number of carbonyl (C=O) groups is 2. The predicted octanol–water partition coefficient (Wildman–Crippen LogP) is 5.20. The van der Waals surface area contributed by atoms with Crippen molar-refractivity contribution in [2.75, 3.05) is 25.5 Å². The number of carbonyl (C=O) groups excluding carboxylic acids is 2. The van der Waals surface area contributed by atoms with Crippen molar-refractivity contribution in [2.45, 2.75) is 51.5 Å². The van der Waals surface area contributed by atoms with Gasteiger partial charge in [0.05, 0.1) is 6.04 Å². The minimum atomic E-state index is -0.137. The summed E-state index contributed by atoms with van der Waals surface area (Å²) in [5.74, 6) is 6.31. The van der Waals surface area contributed by atoms with Crippen LogP contribution in [0, 0.1) is 0 Å². The molecule has 0 bridgehead atoms. The number of hydrazine groups is 1. The van der Waals surface area contributed by atoms with E-state index in [1.54, 1.807) is 36.1 Å². The Kier molecular flexibility index (Phi) is 8.75. The number of benzene rings is 2. The number of halogens is 1. The molecular weight excluding hydrogens is 448 g/mol. The molecule has 2 aromatic carbocycles. The lowest BCUT2D eigenvalue weighted by Crippen LogP contribution is -2.57. The van der Waals surface area contributed by atoms with E-state index >= 15 is 0 Å². The summed E-state index contributed by atoms with van der Waals surface area (Å²) in [5, 5.41) is 2.33. The van der Waals surface area contributed by atoms with E-state index in [4.69, 9.17) is 17.4 Å². The highest BCUT2D eigenvalue weighted by Gasteiger charge is 2.35. The van der Waals surface area contributed by atoms with E-state index in [2.05, 4.69) is 6.92 Å². The molecule has 182 valence electrons. The molecule has 2 atom stereocenters. The maximum atomic E-state index is 13.6. The third-order valence-electron chi connectivity index (χ3n) is 6.31. The number of amides is 2. The number of allylic oxidation sites excluding steroid dienone is 1. The first-order valence-electron chi connectivity index (χ1n) is 11.9. The molecule has 2 amide bonds. The third-order valence-corrected chi connectivity index (χ3v) is 6.56. The van der Waals surface area contributed by atoms with E-state index in [0.29, 0.717) is 22.8 Å². The number of anilines is 1. The fourth-order valence-electron chi connectivity index (χ4n) is 4.21. The molecule has 34 heavy (non-hydrogen) atoms. The third kappa shape index (κ3) is 5.99. The van der Waals surface area contributed by atoms with Gasteiger partial charge in [0.2, 0.25) is 0 Å². The average molecular weight is 483 g/mol. The van der Waals surface area contributed by atoms with Gasteiger partial charge in [-0.15, -0.1) is 0 Å². The van der Waals surface area contributed by atoms with Crippen LogP contribution in [0.25, 0.3) is 0 Å². The smallest absolute Gasteiger partial charge is 0.275 e. The fourth-order valence-corrected chi connectivity index (χ4v) is 4.33. The lowest BCUT2D eigenvalue weighted by atomic mass is 9.97. The standard InChI is InChI=1S/C27H35ClN4O2/c1-5-6-7-8-24-18-31(23-15-11-21(12-16-23)26(33)30(3)4)27(34)25(32(24)29)17-19(2)20-9-13-22(28)14-10-20/h9-17,19,24H,5-8,18,29H2,1-4H3/b25-17-. The maximum absolute atomic E-state index is 13.6. The van der Waals surface area contributed by atoms with E-state index in [1.165, 1.54) is 4.90 Å². The van der Waals surface area contributed by atoms with Crippen LogP contribution < -0.4 is 10.7 Å². The normalized spacial score (nSPS) is 18.4. The van der Waals surface area contributed by atoms with Gasteiger partial charge < -0.3 is 14.8 Å². The van der Waals surface area contributed by atoms with Crippen molar-refractivity contribution in [3.63, 3.8) is 0 Å². The number of nitrogens with zero attached hydrogens (tertiary/aromatic N) is 3. The molecule has 2 N–H and O–H groups in total. The van der Waals surface area contributed by atoms with Gasteiger partial charge in [-0.05, 0) is 54.5 Å². The van der Waals surface area contributed by atoms with Gasteiger partial charge in [-0.2, -0.15) is 0 Å². The minimum Gasteiger partial charge on any atom is -0.345 e. The van der Waals surface area contributed by atoms with E-state index < -0.39 is 0 Å². The predicted molar refractivity (Wildman–Crippen MR) is 139 cm³/mol. The van der Waals surface area contributed by atoms with E-state index in [9.17, 15) is 9.59 Å². The van der Waals surface area contributed by atoms with Gasteiger partial charge in [0.25, 0.3) is 11.8 Å². The molecule has 1 aliphatic rings. The van der Waals surface area contributed by atoms with Crippen LogP contribution in [0.1, 0.15) is 61.4 Å². The van der Waals surface area contributed by atoms with Crippen molar-refractivity contribution < 1.29 is 9.59 Å². The van der Waals surface area contributed by atoms with Crippen molar-refractivity contribution >= 4 is 29.1 Å². The first-order valence-corrected chi connectivity index (χ1v) is 12.3. The monoisotopic (exact) mass is 482 g/mol. The molecule has 2 aromatic rings. The summed E-state index contributed by atoms with van der Waals surface area (Å²) >= 11 is 6.04. The number of piperazine rings is 1. The second-order valence-electron chi connectivity index (χ2n) is 9.11. The molecule has 0 radical (unpaired) electrons. The van der Waals surface area contributed by atoms with Gasteiger partial charge >= 0.3 is 0 Å². The largest absolute Gasteiger partial charge is 0.345 e. The second kappa shape index (κ2) is 11.5. The zero-order valence-electron chi connectivity index (χ0n) is 20.5. The summed E-state index contributed by atoms with van der Waals surface area (Å²) in [6.07, 6.45) is 6.14. The van der Waals surface area contributed by atoms with Crippen LogP contribution in [0.15, 0.2) is 60.3 Å². The Bertz CT molecular complexity index is 1020. The second-order valence-corrected chi connectivity index (χ2v) is 9.55. The van der Waals surface area contributed by atoms with Crippen LogP contribution in [0.2, 0.25) is 5.02 Å². The van der Waals surface area contributed by atoms with E-state index in [-0.39, 0.29) is 23.8 Å². The van der Waals surface area contributed by atoms with E-state index in [0.717, 1.165) is 36.9 Å². The molecule has 7 heteroatoms. The van der Waals surface area contributed by atoms with Gasteiger partial charge in [-0.25, -0.2) is 5.84 Å². The zero-order chi connectivity index (χ0) is 24.8. The topological polar surface area (TPSA) is 69.9 Å². The Morgan fingerprint density at radius 3 is 2.38 bits per heavy atom. The van der Waals surface area contributed by atoms with Crippen LogP contribution in [-0.4, -0.2) is 48.4 Å². The summed E-state index contributed by atoms with van der Waals surface area (Å²) in [4.78, 5) is 29.2. The first-order chi connectivity index (χ1) is 16.2. The lowest BCUT2D eigenvalue weighted by Gasteiger charge is -2.41. The summed E-state index contributed by atoms with van der Waals surface area (Å²) < 4.78 is 0.